The molecule has 0 spiro atoms. The van der Waals surface area contributed by atoms with Crippen LogP contribution in [0.2, 0.25) is 0 Å². The van der Waals surface area contributed by atoms with Crippen molar-refractivity contribution in [3.05, 3.63) is 0 Å². The van der Waals surface area contributed by atoms with Crippen molar-refractivity contribution in [3.8, 4) is 0 Å². The van der Waals surface area contributed by atoms with E-state index in [0.717, 1.165) is 0 Å². The highest BCUT2D eigenvalue weighted by atomic mass is 32.7. The lowest BCUT2D eigenvalue weighted by atomic mass is 9.92. The smallest absolute Gasteiger partial charge is 0.394 e. The standard InChI is InChI=1S/C55H107N3O35P4S4/c1-37(62)56-43-49(68)46(65)40(30-59)91-52(43)81-20-6-10-24-85-95(73,99)87-27-13-17-78-34-55(33-77-16-5-9-23-84-94(71,72)98,35-79-18-14-28-88-96(74,100)86-25-11-7-21-82-53-44(57-38(2)63)50(69)47(66)41(31-60)92-53)36-80-19-15-29-90-97(75,101-76-4)89-26-12-8-22-83-54-45(58-39(3)64)51(70)48(67)42(32-61)93-54/h40-54,59-61,65-70H,5-36H2,1-4H3,(H,56,62)(H,57,63)(H,58,64)(H,73,99)(H,74,100)(H2,71,72,98). The van der Waals surface area contributed by atoms with Crippen LogP contribution in [0, 0.1) is 5.41 Å². The molecule has 101 heavy (non-hydrogen) atoms. The van der Waals surface area contributed by atoms with Crippen molar-refractivity contribution in [2.24, 2.45) is 5.41 Å². The highest BCUT2D eigenvalue weighted by molar-refractivity contribution is 8.52. The van der Waals surface area contributed by atoms with Gasteiger partial charge in [-0.15, -0.1) is 0 Å². The number of aliphatic hydroxyl groups excluding tert-OH is 9. The average Bonchev–Trinajstić information content (AvgIpc) is 0.819. The average molecular weight is 1620 g/mol. The van der Waals surface area contributed by atoms with Gasteiger partial charge in [-0.1, -0.05) is 12.2 Å². The summed E-state index contributed by atoms with van der Waals surface area (Å²) in [6.07, 6.45) is -12.7. The summed E-state index contributed by atoms with van der Waals surface area (Å²) in [5.74, 6) is -1.53. The molecular weight excluding hydrogens is 1510 g/mol. The molecule has 0 bridgehead atoms. The number of amides is 3. The molecule has 3 heterocycles. The van der Waals surface area contributed by atoms with Crippen molar-refractivity contribution < 1.29 is 167 Å². The number of nitrogens with one attached hydrogen (secondary N) is 3. The first kappa shape index (κ1) is 94.9. The van der Waals surface area contributed by atoms with Crippen LogP contribution in [0.4, 0.5) is 0 Å². The predicted molar refractivity (Wildman–Crippen MR) is 366 cm³/mol. The molecule has 0 aromatic rings. The van der Waals surface area contributed by atoms with Gasteiger partial charge in [0.2, 0.25) is 17.7 Å². The Bertz CT molecular complexity index is 2410. The molecule has 38 nitrogen and oxygen atoms in total. The molecule has 3 aliphatic heterocycles. The quantitative estimate of drug-likeness (QED) is 0.0153. The molecule has 19 unspecified atom stereocenters. The van der Waals surface area contributed by atoms with Crippen LogP contribution < -0.4 is 16.0 Å². The molecule has 3 fully saturated rings. The largest absolute Gasteiger partial charge is 0.415 e. The molecule has 0 saturated carbocycles. The number of unbranched alkanes of at least 4 members (excludes halogenated alkanes) is 4. The molecule has 19 atom stereocenters. The summed E-state index contributed by atoms with van der Waals surface area (Å²) < 4.78 is 129. The van der Waals surface area contributed by atoms with E-state index < -0.39 is 162 Å². The van der Waals surface area contributed by atoms with E-state index in [1.54, 1.807) is 0 Å². The van der Waals surface area contributed by atoms with Gasteiger partial charge in [0.25, 0.3) is 0 Å². The van der Waals surface area contributed by atoms with Crippen molar-refractivity contribution in [2.75, 3.05) is 146 Å². The normalized spacial score (nSPS) is 28.1. The number of rotatable bonds is 58. The van der Waals surface area contributed by atoms with Crippen LogP contribution in [-0.4, -0.2) is 316 Å². The van der Waals surface area contributed by atoms with Gasteiger partial charge in [0.1, 0.15) is 84.7 Å². The molecule has 46 heteroatoms. The molecule has 3 aliphatic rings. The third-order valence-corrected chi connectivity index (χ3v) is 21.9. The van der Waals surface area contributed by atoms with Gasteiger partial charge in [0, 0.05) is 67.0 Å². The fourth-order valence-corrected chi connectivity index (χ4v) is 15.2. The lowest BCUT2D eigenvalue weighted by Crippen LogP contribution is -2.64. The van der Waals surface area contributed by atoms with Gasteiger partial charge in [0.05, 0.1) is 105 Å². The monoisotopic (exact) mass is 1620 g/mol. The zero-order valence-corrected chi connectivity index (χ0v) is 63.9. The maximum atomic E-state index is 13.7. The minimum absolute atomic E-state index is 0.0188. The molecule has 3 amide bonds. The maximum absolute atomic E-state index is 13.7. The Morgan fingerprint density at radius 1 is 0.436 bits per heavy atom. The first-order valence-electron chi connectivity index (χ1n) is 32.7. The second-order valence-corrected chi connectivity index (χ2v) is 35.6. The third-order valence-electron chi connectivity index (χ3n) is 14.8. The molecular formula is C55H107N3O35P4S4. The van der Waals surface area contributed by atoms with Gasteiger partial charge < -0.3 is 151 Å². The van der Waals surface area contributed by atoms with Crippen molar-refractivity contribution in [1.82, 2.24) is 16.0 Å². The van der Waals surface area contributed by atoms with Crippen LogP contribution in [0.3, 0.4) is 0 Å². The van der Waals surface area contributed by atoms with E-state index in [1.807, 2.05) is 0 Å². The van der Waals surface area contributed by atoms with Crippen LogP contribution in [0.25, 0.3) is 0 Å². The van der Waals surface area contributed by atoms with Gasteiger partial charge >= 0.3 is 27.0 Å². The summed E-state index contributed by atoms with van der Waals surface area (Å²) in [6.45, 7) is -14.0. The lowest BCUT2D eigenvalue weighted by molar-refractivity contribution is -0.270. The summed E-state index contributed by atoms with van der Waals surface area (Å²) in [5, 5.41) is 98.7. The summed E-state index contributed by atoms with van der Waals surface area (Å²) in [6, 6.07) is -3.37. The van der Waals surface area contributed by atoms with Crippen molar-refractivity contribution in [1.29, 1.82) is 0 Å². The van der Waals surface area contributed by atoms with Crippen LogP contribution in [-0.2, 0) is 130 Å². The Kier molecular flexibility index (Phi) is 48.1. The Morgan fingerprint density at radius 2 is 0.713 bits per heavy atom. The third kappa shape index (κ3) is 38.7. The lowest BCUT2D eigenvalue weighted by Gasteiger charge is -2.42. The molecule has 3 rings (SSSR count). The molecule has 596 valence electrons. The second-order valence-electron chi connectivity index (χ2n) is 23.5. The molecule has 0 aromatic heterocycles. The summed E-state index contributed by atoms with van der Waals surface area (Å²) in [4.78, 5) is 65.1. The minimum Gasteiger partial charge on any atom is -0.394 e. The Morgan fingerprint density at radius 3 is 1.04 bits per heavy atom. The van der Waals surface area contributed by atoms with Gasteiger partial charge in [-0.2, -0.15) is 0 Å². The van der Waals surface area contributed by atoms with Gasteiger partial charge in [-0.3, -0.25) is 23.4 Å². The number of thiol groups is 1. The number of carbonyl (C=O) groups is 3. The topological polar surface area (TPSA) is 530 Å². The number of hydrogen-bond acceptors (Lipinski definition) is 35. The van der Waals surface area contributed by atoms with E-state index in [1.165, 1.54) is 27.9 Å². The first-order valence-corrected chi connectivity index (χ1v) is 43.5. The summed E-state index contributed by atoms with van der Waals surface area (Å²) >= 11 is 14.3. The molecule has 0 aromatic carbocycles. The Hall–Kier alpha value is -0.330. The molecule has 0 aliphatic carbocycles. The highest BCUT2D eigenvalue weighted by Crippen LogP contribution is 2.61. The SMILES string of the molecule is COSP(=O)(OCCCCOC1OC(CO)C(O)C(O)C1NC(C)=O)OCCCOCC(COCCCCOP(O)(O)=S)(COCCCOP(=O)(S)OCCCCOC1OC(CO)C(O)C(O)C1NC(C)=O)COCCCOP(O)(=S)OCCCCOC1OC(CO)C(O)C(O)C1NC(C)=O. The Labute approximate surface area is 607 Å². The van der Waals surface area contributed by atoms with E-state index in [2.05, 4.69) is 40.0 Å². The summed E-state index contributed by atoms with van der Waals surface area (Å²) in [7, 11) is 1.28. The van der Waals surface area contributed by atoms with Gasteiger partial charge in [0.15, 0.2) is 18.9 Å². The predicted octanol–water partition coefficient (Wildman–Crippen LogP) is -0.806. The van der Waals surface area contributed by atoms with Crippen molar-refractivity contribution in [3.63, 3.8) is 0 Å². The van der Waals surface area contributed by atoms with Crippen LogP contribution in [0.5, 0.6) is 0 Å². The fourth-order valence-electron chi connectivity index (χ4n) is 9.75. The van der Waals surface area contributed by atoms with E-state index >= 15 is 0 Å². The number of ether oxygens (including phenoxy) is 10. The van der Waals surface area contributed by atoms with E-state index in [0.29, 0.717) is 63.0 Å². The molecule has 3 saturated heterocycles. The van der Waals surface area contributed by atoms with E-state index in [-0.39, 0.29) is 138 Å². The number of hydrogen-bond donors (Lipinski definition) is 16. The van der Waals surface area contributed by atoms with E-state index in [9.17, 15) is 84.2 Å². The van der Waals surface area contributed by atoms with Gasteiger partial charge in [-0.05, 0) is 94.2 Å². The number of carbonyl (C=O) groups excluding carboxylic acids is 3. The zero-order chi connectivity index (χ0) is 75.1. The van der Waals surface area contributed by atoms with Crippen molar-refractivity contribution in [2.45, 2.75) is 183 Å². The van der Waals surface area contributed by atoms with Crippen LogP contribution >= 0.6 is 50.9 Å². The van der Waals surface area contributed by atoms with Crippen molar-refractivity contribution >= 4 is 92.3 Å². The van der Waals surface area contributed by atoms with E-state index in [4.69, 9.17) is 95.0 Å². The first-order chi connectivity index (χ1) is 47.8. The second kappa shape index (κ2) is 51.2. The maximum Gasteiger partial charge on any atom is 0.415 e. The fraction of sp³-hybridized carbons (Fsp3) is 0.945. The minimum atomic E-state index is -3.90. The highest BCUT2D eigenvalue weighted by Gasteiger charge is 2.48. The van der Waals surface area contributed by atoms with Crippen LogP contribution in [0.15, 0.2) is 0 Å². The van der Waals surface area contributed by atoms with Crippen LogP contribution in [0.1, 0.15) is 91.4 Å². The molecule has 15 N–H and O–H groups in total. The zero-order valence-electron chi connectivity index (χ0n) is 57.0. The van der Waals surface area contributed by atoms with Gasteiger partial charge in [-0.25, -0.2) is 9.13 Å². The Balaban J connectivity index is 1.61. The molecule has 0 radical (unpaired) electrons. The number of aliphatic hydroxyl groups is 9. The summed E-state index contributed by atoms with van der Waals surface area (Å²) in [5.41, 5.74) is -1.06.